The molecule has 7 nitrogen and oxygen atoms in total. The number of urea groups is 1. The minimum absolute atomic E-state index is 0.0364. The van der Waals surface area contributed by atoms with Crippen LogP contribution < -0.4 is 20.9 Å². The maximum absolute atomic E-state index is 12.0. The standard InChI is InChI=1S/C15H22N4O3S/c1-4-16-15(22)18-14(21)10-19(2)9-13(20)17-11-7-5-6-8-12(11)23-3/h5-8H,4,9-10H2,1-3H3,(H,17,20)(H2,16,18,21,22)/p+1. The van der Waals surface area contributed by atoms with E-state index < -0.39 is 11.9 Å². The van der Waals surface area contributed by atoms with Gasteiger partial charge in [-0.25, -0.2) is 4.79 Å². The van der Waals surface area contributed by atoms with Crippen molar-refractivity contribution in [1.29, 1.82) is 0 Å². The normalized spacial score (nSPS) is 11.4. The SMILES string of the molecule is CCNC(=O)NC(=O)C[NH+](C)CC(=O)Nc1ccccc1SC. The number of imide groups is 1. The summed E-state index contributed by atoms with van der Waals surface area (Å²) in [5.41, 5.74) is 0.754. The minimum atomic E-state index is -0.524. The van der Waals surface area contributed by atoms with Gasteiger partial charge in [0, 0.05) is 11.4 Å². The van der Waals surface area contributed by atoms with Crippen molar-refractivity contribution in [1.82, 2.24) is 10.6 Å². The third-order valence-corrected chi connectivity index (χ3v) is 3.69. The van der Waals surface area contributed by atoms with Crippen LogP contribution in [-0.4, -0.2) is 50.8 Å². The Kier molecular flexibility index (Phi) is 8.14. The number of amides is 4. The van der Waals surface area contributed by atoms with Crippen molar-refractivity contribution >= 4 is 35.3 Å². The Bertz CT molecular complexity index is 565. The van der Waals surface area contributed by atoms with Gasteiger partial charge < -0.3 is 15.5 Å². The lowest BCUT2D eigenvalue weighted by Gasteiger charge is -2.14. The fourth-order valence-corrected chi connectivity index (χ4v) is 2.48. The summed E-state index contributed by atoms with van der Waals surface area (Å²) in [5.74, 6) is -0.611. The van der Waals surface area contributed by atoms with E-state index in [0.29, 0.717) is 11.4 Å². The lowest BCUT2D eigenvalue weighted by atomic mass is 10.3. The average Bonchev–Trinajstić information content (AvgIpc) is 2.47. The molecule has 0 heterocycles. The molecule has 0 aromatic heterocycles. The highest BCUT2D eigenvalue weighted by atomic mass is 32.2. The summed E-state index contributed by atoms with van der Waals surface area (Å²) in [4.78, 5) is 36.6. The van der Waals surface area contributed by atoms with Gasteiger partial charge in [0.05, 0.1) is 12.7 Å². The Morgan fingerprint density at radius 1 is 1.13 bits per heavy atom. The van der Waals surface area contributed by atoms with E-state index in [1.165, 1.54) is 0 Å². The first kappa shape index (κ1) is 19.0. The number of hydrogen-bond acceptors (Lipinski definition) is 4. The van der Waals surface area contributed by atoms with Gasteiger partial charge in [-0.15, -0.1) is 11.8 Å². The van der Waals surface area contributed by atoms with Gasteiger partial charge in [0.15, 0.2) is 13.1 Å². The summed E-state index contributed by atoms with van der Waals surface area (Å²) >= 11 is 1.55. The van der Waals surface area contributed by atoms with Crippen molar-refractivity contribution in [3.05, 3.63) is 24.3 Å². The first-order valence-corrected chi connectivity index (χ1v) is 8.50. The van der Waals surface area contributed by atoms with Crippen LogP contribution in [0.15, 0.2) is 29.2 Å². The van der Waals surface area contributed by atoms with Gasteiger partial charge in [-0.2, -0.15) is 0 Å². The van der Waals surface area contributed by atoms with Crippen molar-refractivity contribution < 1.29 is 19.3 Å². The Morgan fingerprint density at radius 3 is 2.43 bits per heavy atom. The molecule has 0 saturated heterocycles. The maximum Gasteiger partial charge on any atom is 0.321 e. The second-order valence-electron chi connectivity index (χ2n) is 4.97. The van der Waals surface area contributed by atoms with E-state index in [1.807, 2.05) is 30.5 Å². The number of quaternary nitrogens is 1. The number of hydrogen-bond donors (Lipinski definition) is 4. The molecule has 0 fully saturated rings. The second-order valence-corrected chi connectivity index (χ2v) is 5.81. The number of nitrogens with one attached hydrogen (secondary N) is 4. The van der Waals surface area contributed by atoms with Gasteiger partial charge in [-0.3, -0.25) is 14.9 Å². The lowest BCUT2D eigenvalue weighted by Crippen LogP contribution is -3.11. The molecule has 1 aromatic rings. The molecule has 1 unspecified atom stereocenters. The van der Waals surface area contributed by atoms with E-state index in [-0.39, 0.29) is 19.0 Å². The lowest BCUT2D eigenvalue weighted by molar-refractivity contribution is -0.862. The Balaban J connectivity index is 2.44. The van der Waals surface area contributed by atoms with Gasteiger partial charge in [0.2, 0.25) is 0 Å². The number of carbonyl (C=O) groups excluding carboxylic acids is 3. The summed E-state index contributed by atoms with van der Waals surface area (Å²) in [6.07, 6.45) is 1.94. The molecule has 0 bridgehead atoms. The van der Waals surface area contributed by atoms with Gasteiger partial charge in [-0.1, -0.05) is 12.1 Å². The van der Waals surface area contributed by atoms with Gasteiger partial charge in [0.1, 0.15) is 0 Å². The second kappa shape index (κ2) is 9.86. The molecule has 0 radical (unpaired) electrons. The molecule has 4 amide bonds. The van der Waals surface area contributed by atoms with E-state index >= 15 is 0 Å². The first-order valence-electron chi connectivity index (χ1n) is 7.28. The summed E-state index contributed by atoms with van der Waals surface area (Å²) in [6.45, 7) is 2.37. The number of carbonyl (C=O) groups is 3. The minimum Gasteiger partial charge on any atom is -0.338 e. The summed E-state index contributed by atoms with van der Waals surface area (Å²) < 4.78 is 0. The van der Waals surface area contributed by atoms with Crippen molar-refractivity contribution in [2.75, 3.05) is 38.3 Å². The topological polar surface area (TPSA) is 91.7 Å². The molecule has 0 saturated carbocycles. The van der Waals surface area contributed by atoms with Crippen molar-refractivity contribution in [2.24, 2.45) is 0 Å². The maximum atomic E-state index is 12.0. The molecule has 1 rings (SSSR count). The predicted octanol–water partition coefficient (Wildman–Crippen LogP) is -0.293. The smallest absolute Gasteiger partial charge is 0.321 e. The Labute approximate surface area is 140 Å². The monoisotopic (exact) mass is 339 g/mol. The van der Waals surface area contributed by atoms with Gasteiger partial charge >= 0.3 is 6.03 Å². The van der Waals surface area contributed by atoms with Crippen LogP contribution in [0, 0.1) is 0 Å². The molecule has 1 atom stereocenters. The summed E-state index contributed by atoms with van der Waals surface area (Å²) in [5, 5.41) is 7.52. The largest absolute Gasteiger partial charge is 0.338 e. The number of para-hydroxylation sites is 1. The van der Waals surface area contributed by atoms with Crippen LogP contribution >= 0.6 is 11.8 Å². The molecular weight excluding hydrogens is 316 g/mol. The van der Waals surface area contributed by atoms with Crippen LogP contribution in [-0.2, 0) is 9.59 Å². The van der Waals surface area contributed by atoms with Crippen LogP contribution in [0.1, 0.15) is 6.92 Å². The molecule has 8 heteroatoms. The highest BCUT2D eigenvalue weighted by Gasteiger charge is 2.16. The number of benzene rings is 1. The summed E-state index contributed by atoms with van der Waals surface area (Å²) in [6, 6.07) is 7.00. The molecule has 0 aliphatic rings. The summed E-state index contributed by atoms with van der Waals surface area (Å²) in [7, 11) is 1.72. The fraction of sp³-hybridized carbons (Fsp3) is 0.400. The van der Waals surface area contributed by atoms with Crippen LogP contribution in [0.3, 0.4) is 0 Å². The van der Waals surface area contributed by atoms with Crippen LogP contribution in [0.2, 0.25) is 0 Å². The number of thioether (sulfide) groups is 1. The Morgan fingerprint density at radius 2 is 1.78 bits per heavy atom. The highest BCUT2D eigenvalue weighted by molar-refractivity contribution is 7.98. The number of likely N-dealkylation sites (N-methyl/N-ethyl adjacent to an activating group) is 1. The van der Waals surface area contributed by atoms with E-state index in [9.17, 15) is 14.4 Å². The highest BCUT2D eigenvalue weighted by Crippen LogP contribution is 2.24. The molecular formula is C15H23N4O3S+. The molecule has 23 heavy (non-hydrogen) atoms. The van der Waals surface area contributed by atoms with Crippen molar-refractivity contribution in [3.8, 4) is 0 Å². The van der Waals surface area contributed by atoms with Crippen LogP contribution in [0.5, 0.6) is 0 Å². The molecule has 1 aromatic carbocycles. The zero-order valence-electron chi connectivity index (χ0n) is 13.6. The molecule has 0 spiro atoms. The van der Waals surface area contributed by atoms with Gasteiger partial charge in [-0.05, 0) is 25.3 Å². The predicted molar refractivity (Wildman–Crippen MR) is 90.7 cm³/mol. The van der Waals surface area contributed by atoms with Crippen LogP contribution in [0.25, 0.3) is 0 Å². The quantitative estimate of drug-likeness (QED) is 0.514. The van der Waals surface area contributed by atoms with Crippen molar-refractivity contribution in [2.45, 2.75) is 11.8 Å². The van der Waals surface area contributed by atoms with E-state index in [2.05, 4.69) is 16.0 Å². The third-order valence-electron chi connectivity index (χ3n) is 2.90. The number of rotatable bonds is 7. The molecule has 0 aliphatic heterocycles. The zero-order chi connectivity index (χ0) is 17.2. The Hall–Kier alpha value is -2.06. The van der Waals surface area contributed by atoms with E-state index in [1.54, 1.807) is 25.7 Å². The number of anilines is 1. The average molecular weight is 339 g/mol. The van der Waals surface area contributed by atoms with Crippen molar-refractivity contribution in [3.63, 3.8) is 0 Å². The fourth-order valence-electron chi connectivity index (χ4n) is 1.93. The van der Waals surface area contributed by atoms with Gasteiger partial charge in [0.25, 0.3) is 11.8 Å². The van der Waals surface area contributed by atoms with E-state index in [0.717, 1.165) is 10.6 Å². The zero-order valence-corrected chi connectivity index (χ0v) is 14.4. The molecule has 126 valence electrons. The third kappa shape index (κ3) is 7.16. The molecule has 4 N–H and O–H groups in total. The van der Waals surface area contributed by atoms with Crippen LogP contribution in [0.4, 0.5) is 10.5 Å². The van der Waals surface area contributed by atoms with E-state index in [4.69, 9.17) is 0 Å². The first-order chi connectivity index (χ1) is 11.0. The molecule has 0 aliphatic carbocycles.